The van der Waals surface area contributed by atoms with Gasteiger partial charge in [0.1, 0.15) is 0 Å². The predicted octanol–water partition coefficient (Wildman–Crippen LogP) is 2.58. The average Bonchev–Trinajstić information content (AvgIpc) is 2.60. The fraction of sp³-hybridized carbons (Fsp3) is 0.474. The van der Waals surface area contributed by atoms with Gasteiger partial charge >= 0.3 is 0 Å². The third-order valence-electron chi connectivity index (χ3n) is 5.39. The number of carbonyl (C=O) groups excluding carboxylic acids is 2. The lowest BCUT2D eigenvalue weighted by atomic mass is 9.79. The zero-order valence-corrected chi connectivity index (χ0v) is 14.1. The van der Waals surface area contributed by atoms with Gasteiger partial charge in [-0.25, -0.2) is 0 Å². The molecular weight excluding hydrogens is 306 g/mol. The first kappa shape index (κ1) is 15.2. The average molecular weight is 327 g/mol. The Hall–Kier alpha value is -2.30. The van der Waals surface area contributed by atoms with Crippen molar-refractivity contribution in [3.8, 4) is 11.5 Å². The molecular formula is C19H21NO4. The molecule has 0 unspecified atom stereocenters. The topological polar surface area (TPSA) is 55.8 Å². The SMILES string of the molecule is COc1cc2c(cc1OC)[C@H]1CC(=O)C3=C(CCCC3=O)N1CC2. The van der Waals surface area contributed by atoms with Gasteiger partial charge in [-0.3, -0.25) is 9.59 Å². The lowest BCUT2D eigenvalue weighted by Gasteiger charge is -2.45. The summed E-state index contributed by atoms with van der Waals surface area (Å²) in [5, 5.41) is 0. The van der Waals surface area contributed by atoms with Gasteiger partial charge in [-0.2, -0.15) is 0 Å². The summed E-state index contributed by atoms with van der Waals surface area (Å²) in [5.74, 6) is 1.43. The van der Waals surface area contributed by atoms with Crippen molar-refractivity contribution in [2.45, 2.75) is 38.1 Å². The highest BCUT2D eigenvalue weighted by molar-refractivity contribution is 6.21. The van der Waals surface area contributed by atoms with Crippen LogP contribution in [0.3, 0.4) is 0 Å². The van der Waals surface area contributed by atoms with Crippen LogP contribution in [0, 0.1) is 0 Å². The standard InChI is InChI=1S/C19H21NO4/c1-23-17-8-11-6-7-20-13-4-3-5-15(21)19(13)16(22)10-14(20)12(11)9-18(17)24-2/h8-9,14H,3-7,10H2,1-2H3/t14-/m1/s1. The van der Waals surface area contributed by atoms with Gasteiger partial charge in [-0.05, 0) is 42.5 Å². The number of hydrogen-bond donors (Lipinski definition) is 0. The van der Waals surface area contributed by atoms with E-state index in [9.17, 15) is 9.59 Å². The van der Waals surface area contributed by atoms with Crippen molar-refractivity contribution in [1.29, 1.82) is 0 Å². The summed E-state index contributed by atoms with van der Waals surface area (Å²) >= 11 is 0. The van der Waals surface area contributed by atoms with Crippen molar-refractivity contribution < 1.29 is 19.1 Å². The summed E-state index contributed by atoms with van der Waals surface area (Å²) in [6.45, 7) is 0.840. The maximum Gasteiger partial charge on any atom is 0.170 e. The number of carbonyl (C=O) groups is 2. The predicted molar refractivity (Wildman–Crippen MR) is 88.2 cm³/mol. The molecule has 0 saturated carbocycles. The van der Waals surface area contributed by atoms with E-state index >= 15 is 0 Å². The number of nitrogens with zero attached hydrogens (tertiary/aromatic N) is 1. The number of hydrogen-bond acceptors (Lipinski definition) is 5. The number of Topliss-reactive ketones (excluding diaryl/α,β-unsaturated/α-hetero) is 2. The first-order valence-corrected chi connectivity index (χ1v) is 8.45. The van der Waals surface area contributed by atoms with Gasteiger partial charge in [0.05, 0.1) is 25.8 Å². The van der Waals surface area contributed by atoms with Gasteiger partial charge in [-0.15, -0.1) is 0 Å². The summed E-state index contributed by atoms with van der Waals surface area (Å²) < 4.78 is 10.8. The quantitative estimate of drug-likeness (QED) is 0.782. The summed E-state index contributed by atoms with van der Waals surface area (Å²) in [4.78, 5) is 27.1. The minimum Gasteiger partial charge on any atom is -0.493 e. The molecule has 0 fully saturated rings. The molecule has 0 aromatic heterocycles. The van der Waals surface area contributed by atoms with E-state index < -0.39 is 0 Å². The molecule has 3 aliphatic rings. The minimum atomic E-state index is -0.00131. The van der Waals surface area contributed by atoms with E-state index in [1.54, 1.807) is 14.2 Å². The second-order valence-corrected chi connectivity index (χ2v) is 6.59. The van der Waals surface area contributed by atoms with Gasteiger partial charge in [0.15, 0.2) is 23.1 Å². The summed E-state index contributed by atoms with van der Waals surface area (Å²) in [5.41, 5.74) is 3.76. The van der Waals surface area contributed by atoms with Gasteiger partial charge < -0.3 is 14.4 Å². The molecule has 5 heteroatoms. The number of benzene rings is 1. The van der Waals surface area contributed by atoms with Crippen LogP contribution in [0.4, 0.5) is 0 Å². The Labute approximate surface area is 141 Å². The van der Waals surface area contributed by atoms with Crippen LogP contribution in [0.2, 0.25) is 0 Å². The van der Waals surface area contributed by atoms with Crippen LogP contribution in [0.1, 0.15) is 42.9 Å². The minimum absolute atomic E-state index is 0.00131. The van der Waals surface area contributed by atoms with Crippen molar-refractivity contribution in [2.75, 3.05) is 20.8 Å². The Morgan fingerprint density at radius 2 is 1.75 bits per heavy atom. The summed E-state index contributed by atoms with van der Waals surface area (Å²) in [6.07, 6.45) is 3.42. The van der Waals surface area contributed by atoms with Crippen LogP contribution in [-0.2, 0) is 16.0 Å². The van der Waals surface area contributed by atoms with Crippen LogP contribution in [0.5, 0.6) is 11.5 Å². The molecule has 0 bridgehead atoms. The Morgan fingerprint density at radius 3 is 2.50 bits per heavy atom. The Balaban J connectivity index is 1.81. The zero-order valence-electron chi connectivity index (χ0n) is 14.1. The van der Waals surface area contributed by atoms with Gasteiger partial charge in [-0.1, -0.05) is 0 Å². The molecule has 126 valence electrons. The molecule has 1 aromatic carbocycles. The molecule has 1 atom stereocenters. The van der Waals surface area contributed by atoms with E-state index in [4.69, 9.17) is 9.47 Å². The second-order valence-electron chi connectivity index (χ2n) is 6.59. The van der Waals surface area contributed by atoms with Crippen molar-refractivity contribution in [3.63, 3.8) is 0 Å². The molecule has 0 N–H and O–H groups in total. The molecule has 0 amide bonds. The van der Waals surface area contributed by atoms with E-state index in [0.29, 0.717) is 24.2 Å². The van der Waals surface area contributed by atoms with E-state index in [-0.39, 0.29) is 17.6 Å². The Kier molecular flexibility index (Phi) is 3.59. The third kappa shape index (κ3) is 2.14. The van der Waals surface area contributed by atoms with E-state index in [0.717, 1.165) is 42.8 Å². The van der Waals surface area contributed by atoms with Crippen LogP contribution >= 0.6 is 0 Å². The van der Waals surface area contributed by atoms with Gasteiger partial charge in [0.2, 0.25) is 0 Å². The maximum atomic E-state index is 12.6. The highest BCUT2D eigenvalue weighted by Gasteiger charge is 2.41. The molecule has 1 aliphatic carbocycles. The highest BCUT2D eigenvalue weighted by Crippen LogP contribution is 2.45. The lowest BCUT2D eigenvalue weighted by Crippen LogP contribution is -2.43. The molecule has 1 aromatic rings. The first-order chi connectivity index (χ1) is 11.6. The number of rotatable bonds is 2. The summed E-state index contributed by atoms with van der Waals surface area (Å²) in [6, 6.07) is 4.02. The normalized spacial score (nSPS) is 22.8. The number of ether oxygens (including phenoxy) is 2. The molecule has 5 nitrogen and oxygen atoms in total. The highest BCUT2D eigenvalue weighted by atomic mass is 16.5. The van der Waals surface area contributed by atoms with Crippen LogP contribution in [-0.4, -0.2) is 37.2 Å². The number of allylic oxidation sites excluding steroid dienone is 2. The van der Waals surface area contributed by atoms with Crippen molar-refractivity contribution >= 4 is 11.6 Å². The van der Waals surface area contributed by atoms with Gasteiger partial charge in [0.25, 0.3) is 0 Å². The Morgan fingerprint density at radius 1 is 1.00 bits per heavy atom. The van der Waals surface area contributed by atoms with E-state index in [1.165, 1.54) is 5.56 Å². The maximum absolute atomic E-state index is 12.6. The van der Waals surface area contributed by atoms with Crippen molar-refractivity contribution in [3.05, 3.63) is 34.5 Å². The smallest absolute Gasteiger partial charge is 0.170 e. The molecule has 4 rings (SSSR count). The number of ketones is 2. The van der Waals surface area contributed by atoms with Gasteiger partial charge in [0, 0.05) is 25.1 Å². The molecule has 0 spiro atoms. The van der Waals surface area contributed by atoms with Crippen LogP contribution in [0.15, 0.2) is 23.4 Å². The molecule has 2 aliphatic heterocycles. The fourth-order valence-electron chi connectivity index (χ4n) is 4.28. The Bertz CT molecular complexity index is 765. The van der Waals surface area contributed by atoms with Crippen molar-refractivity contribution in [2.24, 2.45) is 0 Å². The van der Waals surface area contributed by atoms with E-state index in [2.05, 4.69) is 4.90 Å². The fourth-order valence-corrected chi connectivity index (χ4v) is 4.28. The van der Waals surface area contributed by atoms with E-state index in [1.807, 2.05) is 12.1 Å². The third-order valence-corrected chi connectivity index (χ3v) is 5.39. The molecule has 0 saturated heterocycles. The molecule has 2 heterocycles. The summed E-state index contributed by atoms with van der Waals surface area (Å²) in [7, 11) is 3.26. The van der Waals surface area contributed by atoms with Crippen LogP contribution in [0.25, 0.3) is 0 Å². The van der Waals surface area contributed by atoms with Crippen LogP contribution < -0.4 is 9.47 Å². The second kappa shape index (κ2) is 5.65. The largest absolute Gasteiger partial charge is 0.493 e. The van der Waals surface area contributed by atoms with Crippen molar-refractivity contribution in [1.82, 2.24) is 4.90 Å². The molecule has 24 heavy (non-hydrogen) atoms. The number of fused-ring (bicyclic) bond motifs is 4. The number of methoxy groups -OCH3 is 2. The lowest BCUT2D eigenvalue weighted by molar-refractivity contribution is -0.124. The zero-order chi connectivity index (χ0) is 16.8. The molecule has 0 radical (unpaired) electrons. The first-order valence-electron chi connectivity index (χ1n) is 8.45. The monoisotopic (exact) mass is 327 g/mol.